The summed E-state index contributed by atoms with van der Waals surface area (Å²) in [5, 5.41) is 3.12. The van der Waals surface area contributed by atoms with Crippen molar-refractivity contribution in [2.45, 2.75) is 39.2 Å². The number of carbonyl (C=O) groups excluding carboxylic acids is 1. The van der Waals surface area contributed by atoms with Crippen molar-refractivity contribution in [2.24, 2.45) is 11.8 Å². The van der Waals surface area contributed by atoms with Crippen LogP contribution in [0, 0.1) is 18.8 Å². The number of amides is 1. The monoisotopic (exact) mass is 343 g/mol. The van der Waals surface area contributed by atoms with Crippen molar-refractivity contribution in [1.29, 1.82) is 0 Å². The number of aryl methyl sites for hydroxylation is 1. The van der Waals surface area contributed by atoms with Crippen LogP contribution in [0.4, 0.5) is 0 Å². The first-order valence-corrected chi connectivity index (χ1v) is 9.19. The normalized spacial score (nSPS) is 21.4. The fourth-order valence-electron chi connectivity index (χ4n) is 3.42. The summed E-state index contributed by atoms with van der Waals surface area (Å²) in [6.45, 7) is 5.28. The van der Waals surface area contributed by atoms with Gasteiger partial charge in [0.15, 0.2) is 5.76 Å². The van der Waals surface area contributed by atoms with Gasteiger partial charge in [-0.15, -0.1) is 0 Å². The number of furan rings is 1. The Balaban J connectivity index is 1.36. The Morgan fingerprint density at radius 2 is 2.28 bits per heavy atom. The van der Waals surface area contributed by atoms with Gasteiger partial charge in [-0.05, 0) is 57.2 Å². The molecule has 2 aromatic rings. The molecular weight excluding hydrogens is 318 g/mol. The van der Waals surface area contributed by atoms with Crippen LogP contribution in [-0.2, 0) is 11.3 Å². The lowest BCUT2D eigenvalue weighted by Crippen LogP contribution is -2.43. The predicted molar refractivity (Wildman–Crippen MR) is 92.7 cm³/mol. The molecule has 0 unspecified atom stereocenters. The topological polar surface area (TPSA) is 71.5 Å². The quantitative estimate of drug-likeness (QED) is 0.873. The molecule has 1 atom stereocenters. The van der Waals surface area contributed by atoms with Crippen molar-refractivity contribution in [3.8, 4) is 11.7 Å². The Hall–Kier alpha value is -2.08. The smallest absolute Gasteiger partial charge is 0.263 e. The van der Waals surface area contributed by atoms with Crippen LogP contribution in [0.1, 0.15) is 37.1 Å². The van der Waals surface area contributed by atoms with E-state index in [2.05, 4.69) is 15.2 Å². The summed E-state index contributed by atoms with van der Waals surface area (Å²) in [4.78, 5) is 19.3. The molecule has 1 saturated carbocycles. The van der Waals surface area contributed by atoms with Crippen LogP contribution in [-0.4, -0.2) is 35.4 Å². The van der Waals surface area contributed by atoms with E-state index in [1.54, 1.807) is 6.26 Å². The van der Waals surface area contributed by atoms with Crippen LogP contribution < -0.4 is 5.32 Å². The Bertz CT molecular complexity index is 718. The second-order valence-corrected chi connectivity index (χ2v) is 7.26. The molecule has 2 fully saturated rings. The number of carbonyl (C=O) groups is 1. The number of nitrogens with one attached hydrogen (secondary N) is 1. The summed E-state index contributed by atoms with van der Waals surface area (Å²) < 4.78 is 11.1. The van der Waals surface area contributed by atoms with E-state index in [0.29, 0.717) is 18.2 Å². The van der Waals surface area contributed by atoms with E-state index in [1.165, 1.54) is 12.8 Å². The lowest BCUT2D eigenvalue weighted by molar-refractivity contribution is -0.126. The number of aromatic nitrogens is 1. The number of oxazole rings is 1. The number of piperidine rings is 1. The third-order valence-corrected chi connectivity index (χ3v) is 5.14. The number of rotatable bonds is 6. The van der Waals surface area contributed by atoms with Crippen molar-refractivity contribution in [3.63, 3.8) is 0 Å². The van der Waals surface area contributed by atoms with Crippen LogP contribution in [0.15, 0.2) is 27.2 Å². The van der Waals surface area contributed by atoms with Crippen LogP contribution in [0.2, 0.25) is 0 Å². The molecule has 0 aromatic carbocycles. The van der Waals surface area contributed by atoms with Crippen LogP contribution in [0.25, 0.3) is 11.7 Å². The fraction of sp³-hybridized carbons (Fsp3) is 0.579. The van der Waals surface area contributed by atoms with E-state index in [-0.39, 0.29) is 11.8 Å². The summed E-state index contributed by atoms with van der Waals surface area (Å²) in [6, 6.07) is 3.67. The Labute approximate surface area is 147 Å². The summed E-state index contributed by atoms with van der Waals surface area (Å²) in [5.41, 5.74) is 0.922. The van der Waals surface area contributed by atoms with E-state index in [9.17, 15) is 4.79 Å². The van der Waals surface area contributed by atoms with E-state index in [4.69, 9.17) is 8.83 Å². The molecule has 1 N–H and O–H groups in total. The number of likely N-dealkylation sites (tertiary alicyclic amines) is 1. The van der Waals surface area contributed by atoms with Gasteiger partial charge in [-0.2, -0.15) is 0 Å². The molecule has 0 spiro atoms. The zero-order chi connectivity index (χ0) is 17.2. The van der Waals surface area contributed by atoms with Gasteiger partial charge in [-0.25, -0.2) is 4.98 Å². The van der Waals surface area contributed by atoms with Gasteiger partial charge in [0.05, 0.1) is 17.9 Å². The molecule has 0 bridgehead atoms. The van der Waals surface area contributed by atoms with E-state index < -0.39 is 0 Å². The minimum absolute atomic E-state index is 0.0873. The van der Waals surface area contributed by atoms with Crippen LogP contribution >= 0.6 is 0 Å². The predicted octanol–water partition coefficient (Wildman–Crippen LogP) is 2.98. The van der Waals surface area contributed by atoms with Crippen molar-refractivity contribution < 1.29 is 13.6 Å². The van der Waals surface area contributed by atoms with Crippen LogP contribution in [0.5, 0.6) is 0 Å². The van der Waals surface area contributed by atoms with Gasteiger partial charge < -0.3 is 14.2 Å². The molecule has 25 heavy (non-hydrogen) atoms. The summed E-state index contributed by atoms with van der Waals surface area (Å²) in [6.07, 6.45) is 6.16. The highest BCUT2D eigenvalue weighted by Crippen LogP contribution is 2.28. The second kappa shape index (κ2) is 7.04. The van der Waals surface area contributed by atoms with E-state index in [0.717, 1.165) is 49.8 Å². The molecule has 1 amide bonds. The Morgan fingerprint density at radius 1 is 1.40 bits per heavy atom. The molecule has 1 aliphatic heterocycles. The third-order valence-electron chi connectivity index (χ3n) is 5.14. The average molecular weight is 343 g/mol. The maximum atomic E-state index is 12.4. The lowest BCUT2D eigenvalue weighted by atomic mass is 9.97. The van der Waals surface area contributed by atoms with E-state index in [1.807, 2.05) is 19.1 Å². The maximum absolute atomic E-state index is 12.4. The maximum Gasteiger partial charge on any atom is 0.263 e. The highest BCUT2D eigenvalue weighted by atomic mass is 16.4. The molecule has 134 valence electrons. The largest absolute Gasteiger partial charge is 0.459 e. The third kappa shape index (κ3) is 3.95. The highest BCUT2D eigenvalue weighted by molar-refractivity contribution is 5.79. The second-order valence-electron chi connectivity index (χ2n) is 7.26. The first-order chi connectivity index (χ1) is 12.2. The van der Waals surface area contributed by atoms with Gasteiger partial charge in [-0.3, -0.25) is 9.69 Å². The molecule has 2 aromatic heterocycles. The van der Waals surface area contributed by atoms with Gasteiger partial charge in [0.2, 0.25) is 5.91 Å². The Morgan fingerprint density at radius 3 is 3.04 bits per heavy atom. The molecule has 3 heterocycles. The molecule has 1 saturated heterocycles. The van der Waals surface area contributed by atoms with Gasteiger partial charge in [0.25, 0.3) is 5.89 Å². The van der Waals surface area contributed by atoms with Crippen molar-refractivity contribution in [1.82, 2.24) is 15.2 Å². The fourth-order valence-corrected chi connectivity index (χ4v) is 3.42. The Kier molecular flexibility index (Phi) is 4.61. The van der Waals surface area contributed by atoms with Gasteiger partial charge in [0.1, 0.15) is 5.76 Å². The van der Waals surface area contributed by atoms with Crippen molar-refractivity contribution >= 4 is 5.91 Å². The molecule has 2 aliphatic rings. The molecular formula is C19H25N3O3. The van der Waals surface area contributed by atoms with Gasteiger partial charge in [-0.1, -0.05) is 0 Å². The molecule has 1 aliphatic carbocycles. The van der Waals surface area contributed by atoms with Gasteiger partial charge >= 0.3 is 0 Å². The summed E-state index contributed by atoms with van der Waals surface area (Å²) in [7, 11) is 0. The van der Waals surface area contributed by atoms with E-state index >= 15 is 0 Å². The number of hydrogen-bond acceptors (Lipinski definition) is 5. The average Bonchev–Trinajstić information content (AvgIpc) is 3.14. The minimum Gasteiger partial charge on any atom is -0.459 e. The number of hydrogen-bond donors (Lipinski definition) is 1. The molecule has 6 heteroatoms. The summed E-state index contributed by atoms with van der Waals surface area (Å²) in [5.74, 6) is 3.00. The zero-order valence-electron chi connectivity index (χ0n) is 14.7. The van der Waals surface area contributed by atoms with Crippen molar-refractivity contribution in [2.75, 3.05) is 19.6 Å². The van der Waals surface area contributed by atoms with Gasteiger partial charge in [0, 0.05) is 19.6 Å². The summed E-state index contributed by atoms with van der Waals surface area (Å²) >= 11 is 0. The SMILES string of the molecule is Cc1oc(-c2ccco2)nc1CN1CCC[C@@H](C(=O)NCC2CC2)C1. The first-order valence-electron chi connectivity index (χ1n) is 9.19. The van der Waals surface area contributed by atoms with Crippen molar-refractivity contribution in [3.05, 3.63) is 29.9 Å². The zero-order valence-corrected chi connectivity index (χ0v) is 14.7. The lowest BCUT2D eigenvalue weighted by Gasteiger charge is -2.31. The molecule has 0 radical (unpaired) electrons. The highest BCUT2D eigenvalue weighted by Gasteiger charge is 2.28. The minimum atomic E-state index is 0.0873. The molecule has 6 nitrogen and oxygen atoms in total. The van der Waals surface area contributed by atoms with Crippen LogP contribution in [0.3, 0.4) is 0 Å². The number of nitrogens with zero attached hydrogens (tertiary/aromatic N) is 2. The molecule has 4 rings (SSSR count). The standard InChI is InChI=1S/C19H25N3O3/c1-13-16(21-19(25-13)17-5-3-9-24-17)12-22-8-2-4-15(11-22)18(23)20-10-14-6-7-14/h3,5,9,14-15H,2,4,6-8,10-12H2,1H3,(H,20,23)/t15-/m1/s1. The first kappa shape index (κ1) is 16.4.